The number of nitrogens with zero attached hydrogens (tertiary/aromatic N) is 2. The Balaban J connectivity index is 1.76. The van der Waals surface area contributed by atoms with Crippen molar-refractivity contribution in [2.24, 2.45) is 0 Å². The molecule has 0 saturated carbocycles. The topological polar surface area (TPSA) is 77.1 Å². The summed E-state index contributed by atoms with van der Waals surface area (Å²) in [6.07, 6.45) is 1.88. The zero-order valence-corrected chi connectivity index (χ0v) is 15.2. The third-order valence-electron chi connectivity index (χ3n) is 3.10. The van der Waals surface area contributed by atoms with Gasteiger partial charge in [0.25, 0.3) is 0 Å². The van der Waals surface area contributed by atoms with Crippen LogP contribution in [0.25, 0.3) is 0 Å². The van der Waals surface area contributed by atoms with Crippen LogP contribution in [0.1, 0.15) is 31.2 Å². The lowest BCUT2D eigenvalue weighted by atomic mass is 10.2. The highest BCUT2D eigenvalue weighted by Gasteiger charge is 2.09. The number of aryl methyl sites for hydroxylation is 1. The van der Waals surface area contributed by atoms with Crippen molar-refractivity contribution in [3.8, 4) is 5.75 Å². The molecule has 1 N–H and O–H groups in total. The van der Waals surface area contributed by atoms with Crippen LogP contribution < -0.4 is 4.74 Å². The first-order valence-electron chi connectivity index (χ1n) is 7.67. The highest BCUT2D eigenvalue weighted by Crippen LogP contribution is 2.21. The van der Waals surface area contributed by atoms with E-state index in [1.54, 1.807) is 12.1 Å². The van der Waals surface area contributed by atoms with Gasteiger partial charge in [0.15, 0.2) is 5.82 Å². The molecule has 6 nitrogen and oxygen atoms in total. The Morgan fingerprint density at radius 2 is 2.25 bits per heavy atom. The van der Waals surface area contributed by atoms with E-state index in [1.807, 2.05) is 19.9 Å². The molecular weight excluding hydrogens is 350 g/mol. The molecule has 0 spiro atoms. The van der Waals surface area contributed by atoms with Crippen LogP contribution in [0.4, 0.5) is 0 Å². The lowest BCUT2D eigenvalue weighted by molar-refractivity contribution is -0.140. The quantitative estimate of drug-likeness (QED) is 0.411. The minimum atomic E-state index is -0.257. The molecule has 2 aromatic rings. The summed E-state index contributed by atoms with van der Waals surface area (Å²) in [6.45, 7) is 4.68. The van der Waals surface area contributed by atoms with Crippen molar-refractivity contribution >= 4 is 29.3 Å². The first-order chi connectivity index (χ1) is 11.6. The van der Waals surface area contributed by atoms with Crippen molar-refractivity contribution in [1.29, 1.82) is 0 Å². The molecule has 0 amide bonds. The highest BCUT2D eigenvalue weighted by molar-refractivity contribution is 7.99. The standard InChI is InChI=1S/C16H20ClN3O3S/c1-3-4-7-22-15(21)10-24-16-18-14(19-20-16)9-23-12-5-6-13(17)11(2)8-12/h5-6,8H,3-4,7,9-10H2,1-2H3,(H,18,19,20). The average molecular weight is 370 g/mol. The fraction of sp³-hybridized carbons (Fsp3) is 0.438. The summed E-state index contributed by atoms with van der Waals surface area (Å²) in [5.41, 5.74) is 0.949. The maximum Gasteiger partial charge on any atom is 0.316 e. The van der Waals surface area contributed by atoms with Crippen molar-refractivity contribution in [3.63, 3.8) is 0 Å². The summed E-state index contributed by atoms with van der Waals surface area (Å²) in [6, 6.07) is 5.45. The number of esters is 1. The summed E-state index contributed by atoms with van der Waals surface area (Å²) in [4.78, 5) is 15.8. The molecule has 0 radical (unpaired) electrons. The second kappa shape index (κ2) is 9.54. The Kier molecular flexibility index (Phi) is 7.39. The number of hydrogen-bond donors (Lipinski definition) is 1. The molecule has 2 rings (SSSR count). The fourth-order valence-electron chi connectivity index (χ4n) is 1.76. The molecule has 130 valence electrons. The van der Waals surface area contributed by atoms with Gasteiger partial charge in [-0.05, 0) is 37.1 Å². The molecule has 1 heterocycles. The van der Waals surface area contributed by atoms with E-state index in [2.05, 4.69) is 15.2 Å². The third kappa shape index (κ3) is 6.05. The molecule has 1 aromatic heterocycles. The second-order valence-electron chi connectivity index (χ2n) is 5.13. The lowest BCUT2D eigenvalue weighted by Crippen LogP contribution is -2.08. The Morgan fingerprint density at radius 3 is 3.00 bits per heavy atom. The molecular formula is C16H20ClN3O3S. The summed E-state index contributed by atoms with van der Waals surface area (Å²) < 4.78 is 10.7. The normalized spacial score (nSPS) is 10.6. The number of rotatable bonds is 9. The molecule has 0 bridgehead atoms. The van der Waals surface area contributed by atoms with Gasteiger partial charge in [-0.2, -0.15) is 0 Å². The number of aromatic nitrogens is 3. The van der Waals surface area contributed by atoms with E-state index in [0.29, 0.717) is 28.4 Å². The van der Waals surface area contributed by atoms with Gasteiger partial charge in [-0.1, -0.05) is 36.7 Å². The van der Waals surface area contributed by atoms with Gasteiger partial charge in [-0.25, -0.2) is 4.98 Å². The van der Waals surface area contributed by atoms with Crippen LogP contribution in [0.15, 0.2) is 23.4 Å². The van der Waals surface area contributed by atoms with E-state index >= 15 is 0 Å². The van der Waals surface area contributed by atoms with Crippen molar-refractivity contribution in [3.05, 3.63) is 34.6 Å². The zero-order valence-electron chi connectivity index (χ0n) is 13.7. The fourth-order valence-corrected chi connectivity index (χ4v) is 2.49. The molecule has 0 atom stereocenters. The molecule has 0 aliphatic carbocycles. The van der Waals surface area contributed by atoms with E-state index < -0.39 is 0 Å². The number of H-pyrrole nitrogens is 1. The van der Waals surface area contributed by atoms with Gasteiger partial charge in [-0.3, -0.25) is 9.89 Å². The third-order valence-corrected chi connectivity index (χ3v) is 4.34. The lowest BCUT2D eigenvalue weighted by Gasteiger charge is -2.05. The van der Waals surface area contributed by atoms with Crippen LogP contribution >= 0.6 is 23.4 Å². The summed E-state index contributed by atoms with van der Waals surface area (Å²) in [5.74, 6) is 1.23. The van der Waals surface area contributed by atoms with Crippen molar-refractivity contribution in [2.75, 3.05) is 12.4 Å². The number of nitrogens with one attached hydrogen (secondary N) is 1. The van der Waals surface area contributed by atoms with Crippen LogP contribution in [0.3, 0.4) is 0 Å². The van der Waals surface area contributed by atoms with E-state index in [0.717, 1.165) is 18.4 Å². The van der Waals surface area contributed by atoms with Crippen molar-refractivity contribution in [2.45, 2.75) is 38.5 Å². The smallest absolute Gasteiger partial charge is 0.316 e. The molecule has 0 aliphatic rings. The summed E-state index contributed by atoms with van der Waals surface area (Å²) in [5, 5.41) is 8.03. The van der Waals surface area contributed by atoms with Gasteiger partial charge in [0.1, 0.15) is 12.4 Å². The molecule has 24 heavy (non-hydrogen) atoms. The molecule has 0 saturated heterocycles. The van der Waals surface area contributed by atoms with Gasteiger partial charge in [0.2, 0.25) is 5.16 Å². The maximum absolute atomic E-state index is 11.5. The summed E-state index contributed by atoms with van der Waals surface area (Å²) >= 11 is 7.21. The van der Waals surface area contributed by atoms with Crippen molar-refractivity contribution in [1.82, 2.24) is 15.2 Å². The molecule has 8 heteroatoms. The molecule has 0 fully saturated rings. The van der Waals surface area contributed by atoms with E-state index in [9.17, 15) is 4.79 Å². The number of thioether (sulfide) groups is 1. The Morgan fingerprint density at radius 1 is 1.42 bits per heavy atom. The first kappa shape index (κ1) is 18.6. The van der Waals surface area contributed by atoms with E-state index in [4.69, 9.17) is 21.1 Å². The highest BCUT2D eigenvalue weighted by atomic mass is 35.5. The monoisotopic (exact) mass is 369 g/mol. The average Bonchev–Trinajstić information content (AvgIpc) is 3.02. The van der Waals surface area contributed by atoms with Crippen LogP contribution in [-0.4, -0.2) is 33.5 Å². The molecule has 0 aliphatic heterocycles. The minimum absolute atomic E-state index is 0.193. The van der Waals surface area contributed by atoms with Gasteiger partial charge in [0, 0.05) is 5.02 Å². The number of carbonyl (C=O) groups is 1. The predicted octanol–water partition coefficient (Wildman–Crippen LogP) is 3.78. The Bertz CT molecular complexity index is 678. The van der Waals surface area contributed by atoms with E-state index in [1.165, 1.54) is 11.8 Å². The number of carbonyl (C=O) groups excluding carboxylic acids is 1. The van der Waals surface area contributed by atoms with Gasteiger partial charge >= 0.3 is 5.97 Å². The number of aromatic amines is 1. The number of unbranched alkanes of at least 4 members (excludes halogenated alkanes) is 1. The first-order valence-corrected chi connectivity index (χ1v) is 9.03. The molecule has 1 aromatic carbocycles. The summed E-state index contributed by atoms with van der Waals surface area (Å²) in [7, 11) is 0. The number of hydrogen-bond acceptors (Lipinski definition) is 6. The van der Waals surface area contributed by atoms with Crippen LogP contribution in [0.5, 0.6) is 5.75 Å². The van der Waals surface area contributed by atoms with Crippen molar-refractivity contribution < 1.29 is 14.3 Å². The second-order valence-corrected chi connectivity index (χ2v) is 6.48. The Labute approximate surface area is 150 Å². The van der Waals surface area contributed by atoms with Crippen LogP contribution in [-0.2, 0) is 16.1 Å². The van der Waals surface area contributed by atoms with Crippen LogP contribution in [0, 0.1) is 6.92 Å². The molecule has 0 unspecified atom stereocenters. The SMILES string of the molecule is CCCCOC(=O)CSc1n[nH]c(COc2ccc(Cl)c(C)c2)n1. The zero-order chi connectivity index (χ0) is 17.4. The Hall–Kier alpha value is -1.73. The maximum atomic E-state index is 11.5. The number of halogens is 1. The van der Waals surface area contributed by atoms with Gasteiger partial charge in [0.05, 0.1) is 12.4 Å². The largest absolute Gasteiger partial charge is 0.486 e. The number of benzene rings is 1. The van der Waals surface area contributed by atoms with E-state index in [-0.39, 0.29) is 18.3 Å². The number of ether oxygens (including phenoxy) is 2. The predicted molar refractivity (Wildman–Crippen MR) is 93.5 cm³/mol. The minimum Gasteiger partial charge on any atom is -0.486 e. The van der Waals surface area contributed by atoms with Gasteiger partial charge in [-0.15, -0.1) is 5.10 Å². The van der Waals surface area contributed by atoms with Gasteiger partial charge < -0.3 is 9.47 Å². The van der Waals surface area contributed by atoms with Crippen LogP contribution in [0.2, 0.25) is 5.02 Å².